The van der Waals surface area contributed by atoms with Crippen LogP contribution >= 0.6 is 11.3 Å². The Balaban J connectivity index is 1.41. The topological polar surface area (TPSA) is 68.5 Å². The largest absolute Gasteiger partial charge is 0.493 e. The standard InChI is InChI=1S/C22H18F2N4O2S/c1-22(23,24)12-26-21(29)19-7-15(11-31-19)17-9-27-28-10-16(8-25-20(17)28)13-2-3-18-14(6-13)4-5-30-18/h2-3,6-11H,4-5,12H2,1H3,(H,26,29). The molecule has 1 amide bonds. The lowest BCUT2D eigenvalue weighted by Gasteiger charge is -2.10. The van der Waals surface area contributed by atoms with E-state index in [1.54, 1.807) is 28.4 Å². The van der Waals surface area contributed by atoms with E-state index in [-0.39, 0.29) is 0 Å². The number of rotatable bonds is 5. The van der Waals surface area contributed by atoms with Crippen LogP contribution in [0.15, 0.2) is 48.2 Å². The van der Waals surface area contributed by atoms with E-state index >= 15 is 0 Å². The average Bonchev–Trinajstić information content (AvgIpc) is 3.48. The van der Waals surface area contributed by atoms with Gasteiger partial charge >= 0.3 is 0 Å². The second kappa shape index (κ2) is 7.42. The molecule has 5 rings (SSSR count). The highest BCUT2D eigenvalue weighted by Gasteiger charge is 2.23. The molecule has 1 aromatic carbocycles. The van der Waals surface area contributed by atoms with Crippen LogP contribution in [0.3, 0.4) is 0 Å². The van der Waals surface area contributed by atoms with Crippen LogP contribution in [0.5, 0.6) is 5.75 Å². The van der Waals surface area contributed by atoms with Crippen molar-refractivity contribution < 1.29 is 18.3 Å². The second-order valence-corrected chi connectivity index (χ2v) is 8.45. The van der Waals surface area contributed by atoms with E-state index in [0.29, 0.717) is 17.1 Å². The molecule has 9 heteroatoms. The zero-order valence-electron chi connectivity index (χ0n) is 16.6. The van der Waals surface area contributed by atoms with E-state index in [1.807, 2.05) is 18.3 Å². The summed E-state index contributed by atoms with van der Waals surface area (Å²) in [6.45, 7) is 0.775. The summed E-state index contributed by atoms with van der Waals surface area (Å²) in [6.07, 6.45) is 6.29. The molecule has 0 fully saturated rings. The molecule has 0 spiro atoms. The van der Waals surface area contributed by atoms with Gasteiger partial charge in [0.25, 0.3) is 11.8 Å². The normalized spacial score (nSPS) is 13.3. The molecule has 6 nitrogen and oxygen atoms in total. The highest BCUT2D eigenvalue weighted by atomic mass is 32.1. The van der Waals surface area contributed by atoms with Gasteiger partial charge in [0.2, 0.25) is 0 Å². The molecule has 31 heavy (non-hydrogen) atoms. The van der Waals surface area contributed by atoms with Gasteiger partial charge in [0, 0.05) is 36.9 Å². The van der Waals surface area contributed by atoms with E-state index in [1.165, 1.54) is 16.9 Å². The molecule has 1 N–H and O–H groups in total. The zero-order chi connectivity index (χ0) is 21.6. The third-order valence-corrected chi connectivity index (χ3v) is 6.00. The average molecular weight is 440 g/mol. The molecule has 4 heterocycles. The first kappa shape index (κ1) is 19.6. The minimum atomic E-state index is -2.95. The molecule has 1 aliphatic heterocycles. The molecule has 0 bridgehead atoms. The van der Waals surface area contributed by atoms with Crippen LogP contribution in [0.25, 0.3) is 27.9 Å². The van der Waals surface area contributed by atoms with Crippen LogP contribution in [0, 0.1) is 0 Å². The molecule has 4 aromatic rings. The Hall–Kier alpha value is -3.33. The third kappa shape index (κ3) is 3.88. The van der Waals surface area contributed by atoms with E-state index in [2.05, 4.69) is 21.5 Å². The number of fused-ring (bicyclic) bond motifs is 2. The smallest absolute Gasteiger partial charge is 0.262 e. The molecule has 3 aromatic heterocycles. The Bertz CT molecular complexity index is 1290. The predicted octanol–water partition coefficient (Wildman–Crippen LogP) is 4.44. The van der Waals surface area contributed by atoms with Crippen LogP contribution in [-0.4, -0.2) is 39.6 Å². The van der Waals surface area contributed by atoms with Crippen LogP contribution in [0.4, 0.5) is 8.78 Å². The van der Waals surface area contributed by atoms with Crippen LogP contribution in [0.2, 0.25) is 0 Å². The number of benzene rings is 1. The maximum absolute atomic E-state index is 13.0. The van der Waals surface area contributed by atoms with Gasteiger partial charge in [-0.15, -0.1) is 11.3 Å². The van der Waals surface area contributed by atoms with E-state index in [0.717, 1.165) is 41.3 Å². The number of thiophene rings is 1. The van der Waals surface area contributed by atoms with Gasteiger partial charge in [0.15, 0.2) is 5.65 Å². The number of ether oxygens (including phenoxy) is 1. The summed E-state index contributed by atoms with van der Waals surface area (Å²) in [5, 5.41) is 8.46. The molecule has 0 saturated carbocycles. The van der Waals surface area contributed by atoms with Gasteiger partial charge in [-0.1, -0.05) is 6.07 Å². The van der Waals surface area contributed by atoms with Gasteiger partial charge in [-0.05, 0) is 40.3 Å². The SMILES string of the molecule is CC(F)(F)CNC(=O)c1cc(-c2cnn3cc(-c4ccc5c(c4)CCO5)cnc23)cs1. The number of hydrogen-bond acceptors (Lipinski definition) is 5. The van der Waals surface area contributed by atoms with E-state index in [9.17, 15) is 13.6 Å². The quantitative estimate of drug-likeness (QED) is 0.498. The lowest BCUT2D eigenvalue weighted by atomic mass is 10.0. The van der Waals surface area contributed by atoms with Gasteiger partial charge in [-0.2, -0.15) is 5.10 Å². The molecule has 0 saturated heterocycles. The fraction of sp³-hybridized carbons (Fsp3) is 0.227. The van der Waals surface area contributed by atoms with Crippen molar-refractivity contribution in [2.75, 3.05) is 13.2 Å². The first-order valence-corrected chi connectivity index (χ1v) is 10.6. The van der Waals surface area contributed by atoms with Gasteiger partial charge in [-0.3, -0.25) is 4.79 Å². The third-order valence-electron chi connectivity index (χ3n) is 5.07. The Labute approximate surface area is 180 Å². The summed E-state index contributed by atoms with van der Waals surface area (Å²) >= 11 is 1.19. The molecular formula is C22H18F2N4O2S. The van der Waals surface area contributed by atoms with Crippen LogP contribution in [-0.2, 0) is 6.42 Å². The van der Waals surface area contributed by atoms with Gasteiger partial charge < -0.3 is 10.1 Å². The highest BCUT2D eigenvalue weighted by Crippen LogP contribution is 2.32. The Morgan fingerprint density at radius 3 is 2.97 bits per heavy atom. The molecule has 0 radical (unpaired) electrons. The first-order chi connectivity index (χ1) is 14.9. The van der Waals surface area contributed by atoms with Crippen molar-refractivity contribution in [2.45, 2.75) is 19.3 Å². The Morgan fingerprint density at radius 1 is 1.26 bits per heavy atom. The maximum atomic E-state index is 13.0. The predicted molar refractivity (Wildman–Crippen MR) is 114 cm³/mol. The number of hydrogen-bond donors (Lipinski definition) is 1. The number of halogens is 2. The van der Waals surface area contributed by atoms with Crippen LogP contribution in [0.1, 0.15) is 22.2 Å². The van der Waals surface area contributed by atoms with Crippen molar-refractivity contribution in [3.8, 4) is 28.0 Å². The lowest BCUT2D eigenvalue weighted by molar-refractivity contribution is 0.0221. The molecule has 0 aliphatic carbocycles. The first-order valence-electron chi connectivity index (χ1n) is 9.72. The molecule has 1 aliphatic rings. The number of alkyl halides is 2. The summed E-state index contributed by atoms with van der Waals surface area (Å²) in [7, 11) is 0. The van der Waals surface area contributed by atoms with Crippen molar-refractivity contribution in [1.29, 1.82) is 0 Å². The molecule has 0 atom stereocenters. The summed E-state index contributed by atoms with van der Waals surface area (Å²) in [5.41, 5.74) is 5.34. The van der Waals surface area contributed by atoms with Crippen molar-refractivity contribution >= 4 is 22.9 Å². The van der Waals surface area contributed by atoms with Gasteiger partial charge in [0.05, 0.1) is 24.2 Å². The van der Waals surface area contributed by atoms with E-state index < -0.39 is 18.4 Å². The lowest BCUT2D eigenvalue weighted by Crippen LogP contribution is -2.34. The number of nitrogens with zero attached hydrogens (tertiary/aromatic N) is 3. The van der Waals surface area contributed by atoms with Crippen LogP contribution < -0.4 is 10.1 Å². The second-order valence-electron chi connectivity index (χ2n) is 7.54. The molecule has 158 valence electrons. The van der Waals surface area contributed by atoms with E-state index in [4.69, 9.17) is 4.74 Å². The minimum Gasteiger partial charge on any atom is -0.493 e. The number of nitrogens with one attached hydrogen (secondary N) is 1. The summed E-state index contributed by atoms with van der Waals surface area (Å²) in [4.78, 5) is 17.1. The van der Waals surface area contributed by atoms with Crippen molar-refractivity contribution in [1.82, 2.24) is 19.9 Å². The van der Waals surface area contributed by atoms with Gasteiger partial charge in [0.1, 0.15) is 5.75 Å². The number of aromatic nitrogens is 3. The number of amides is 1. The van der Waals surface area contributed by atoms with Gasteiger partial charge in [-0.25, -0.2) is 18.3 Å². The minimum absolute atomic E-state index is 0.357. The zero-order valence-corrected chi connectivity index (χ0v) is 17.4. The summed E-state index contributed by atoms with van der Waals surface area (Å²) in [6, 6.07) is 7.75. The monoisotopic (exact) mass is 440 g/mol. The fourth-order valence-corrected chi connectivity index (χ4v) is 4.34. The number of carbonyl (C=O) groups is 1. The van der Waals surface area contributed by atoms with Crippen molar-refractivity contribution in [3.63, 3.8) is 0 Å². The molecular weight excluding hydrogens is 422 g/mol. The highest BCUT2D eigenvalue weighted by molar-refractivity contribution is 7.12. The maximum Gasteiger partial charge on any atom is 0.262 e. The Kier molecular flexibility index (Phi) is 4.70. The van der Waals surface area contributed by atoms with Crippen molar-refractivity contribution in [3.05, 3.63) is 58.7 Å². The fourth-order valence-electron chi connectivity index (χ4n) is 3.51. The summed E-state index contributed by atoms with van der Waals surface area (Å²) < 4.78 is 33.2. The van der Waals surface area contributed by atoms with Crippen molar-refractivity contribution in [2.24, 2.45) is 0 Å². The Morgan fingerprint density at radius 2 is 2.13 bits per heavy atom. The number of carbonyl (C=O) groups excluding carboxylic acids is 1. The summed E-state index contributed by atoms with van der Waals surface area (Å²) in [5.74, 6) is -2.55. The molecule has 0 unspecified atom stereocenters.